The number of fused-ring (bicyclic) bond motifs is 2. The predicted octanol–water partition coefficient (Wildman–Crippen LogP) is 3.78. The summed E-state index contributed by atoms with van der Waals surface area (Å²) in [7, 11) is 0. The van der Waals surface area contributed by atoms with Gasteiger partial charge in [-0.1, -0.05) is 0 Å². The Balaban J connectivity index is 0.718. The van der Waals surface area contributed by atoms with Gasteiger partial charge in [0.15, 0.2) is 22.3 Å². The Morgan fingerprint density at radius 1 is 0.530 bits per heavy atom. The van der Waals surface area contributed by atoms with Gasteiger partial charge < -0.3 is 71.4 Å². The number of aliphatic imine (C=N–C) groups is 1. The van der Waals surface area contributed by atoms with Crippen molar-refractivity contribution in [3.63, 3.8) is 0 Å². The minimum atomic E-state index is -1.26. The van der Waals surface area contributed by atoms with Crippen LogP contribution in [0.2, 0.25) is 0 Å². The van der Waals surface area contributed by atoms with E-state index in [4.69, 9.17) is 44.9 Å². The fourth-order valence-electron chi connectivity index (χ4n) is 9.64. The average Bonchev–Trinajstić information content (AvgIpc) is 0.817. The minimum Gasteiger partial charge on any atom is -0.480 e. The molecule has 2 atom stereocenters. The fraction of sp³-hybridized carbons (Fsp3) is 0.537. The number of Topliss-reactive ketones (excluding diaryl/α,β-unsaturated/α-hetero) is 2. The summed E-state index contributed by atoms with van der Waals surface area (Å²) in [6, 6.07) is 10.1. The Labute approximate surface area is 578 Å². The molecule has 0 fully saturated rings. The predicted molar refractivity (Wildman–Crippen MR) is 373 cm³/mol. The Morgan fingerprint density at radius 3 is 1.28 bits per heavy atom. The molecule has 0 saturated heterocycles. The average molecular weight is 1390 g/mol. The van der Waals surface area contributed by atoms with Crippen LogP contribution in [0, 0.1) is 0 Å². The number of hydrogen-bond acceptors (Lipinski definition) is 27. The van der Waals surface area contributed by atoms with Crippen LogP contribution < -0.4 is 43.9 Å². The monoisotopic (exact) mass is 1390 g/mol. The lowest BCUT2D eigenvalue weighted by atomic mass is 10.1. The van der Waals surface area contributed by atoms with Gasteiger partial charge in [0, 0.05) is 98.3 Å². The van der Waals surface area contributed by atoms with Crippen LogP contribution in [0.5, 0.6) is 0 Å². The number of carbonyl (C=O) groups is 6. The normalized spacial score (nSPS) is 12.5. The molecular weight excluding hydrogens is 1300 g/mol. The van der Waals surface area contributed by atoms with E-state index in [1.54, 1.807) is 24.3 Å². The SMILES string of the molecule is CC(C)(C)N(C/C=N\CN(CCOCCOCCOCCCC(=O)CC[C@H](NC(=O)c1ccc(NCc2cnc3nc(N)[nH]c(=O)c3n2)cc1)C(=O)O)C(C)(C)C)CCOCCOCCOCCCC(=O)CCC(NC(=O)c1ccc(NCc2cnc3nc(N)[nH]c(=O)c3n2)cc1)C(=O)O. The number of nitrogen functional groups attached to an aromatic ring is 2. The summed E-state index contributed by atoms with van der Waals surface area (Å²) >= 11 is 0. The first-order valence-corrected chi connectivity index (χ1v) is 33.1. The zero-order valence-electron chi connectivity index (χ0n) is 57.7. The van der Waals surface area contributed by atoms with Gasteiger partial charge in [-0.05, 0) is 116 Å². The summed E-state index contributed by atoms with van der Waals surface area (Å²) in [5.41, 5.74) is 12.8. The third kappa shape index (κ3) is 28.8. The largest absolute Gasteiger partial charge is 0.480 e. The molecule has 0 radical (unpaired) electrons. The molecule has 4 heterocycles. The first-order valence-electron chi connectivity index (χ1n) is 33.1. The summed E-state index contributed by atoms with van der Waals surface area (Å²) in [6.07, 6.45) is 5.99. The van der Waals surface area contributed by atoms with Crippen molar-refractivity contribution in [2.75, 3.05) is 128 Å². The molecule has 6 rings (SSSR count). The van der Waals surface area contributed by atoms with Crippen LogP contribution in [-0.4, -0.2) is 230 Å². The Morgan fingerprint density at radius 2 is 0.900 bits per heavy atom. The van der Waals surface area contributed by atoms with Gasteiger partial charge in [0.1, 0.15) is 23.7 Å². The second kappa shape index (κ2) is 41.3. The number of anilines is 4. The summed E-state index contributed by atoms with van der Waals surface area (Å²) in [6.45, 7) is 20.4. The number of nitrogens with two attached hydrogens (primary N) is 2. The van der Waals surface area contributed by atoms with Crippen LogP contribution in [0.25, 0.3) is 22.3 Å². The van der Waals surface area contributed by atoms with Gasteiger partial charge in [-0.25, -0.2) is 29.5 Å². The van der Waals surface area contributed by atoms with E-state index < -0.39 is 47.0 Å². The number of nitrogens with one attached hydrogen (secondary N) is 6. The smallest absolute Gasteiger partial charge is 0.326 e. The van der Waals surface area contributed by atoms with Crippen LogP contribution in [0.1, 0.15) is 125 Å². The highest BCUT2D eigenvalue weighted by molar-refractivity contribution is 5.98. The molecule has 33 nitrogen and oxygen atoms in total. The van der Waals surface area contributed by atoms with Crippen molar-refractivity contribution in [1.82, 2.24) is 60.3 Å². The van der Waals surface area contributed by atoms with Crippen LogP contribution >= 0.6 is 0 Å². The van der Waals surface area contributed by atoms with Crippen molar-refractivity contribution < 1.29 is 67.4 Å². The van der Waals surface area contributed by atoms with Gasteiger partial charge in [-0.2, -0.15) is 9.97 Å². The molecule has 0 saturated carbocycles. The number of carbonyl (C=O) groups excluding carboxylic acids is 4. The molecule has 544 valence electrons. The van der Waals surface area contributed by atoms with E-state index in [9.17, 15) is 48.6 Å². The second-order valence-electron chi connectivity index (χ2n) is 25.2. The summed E-state index contributed by atoms with van der Waals surface area (Å²) in [5, 5.41) is 30.8. The molecule has 6 aromatic rings. The summed E-state index contributed by atoms with van der Waals surface area (Å²) in [4.78, 5) is 138. The van der Waals surface area contributed by atoms with E-state index in [0.717, 1.165) is 0 Å². The van der Waals surface area contributed by atoms with Gasteiger partial charge in [0.05, 0.1) is 110 Å². The molecule has 0 aliphatic rings. The van der Waals surface area contributed by atoms with Crippen molar-refractivity contribution in [2.45, 2.75) is 129 Å². The molecular formula is C67H95N17O16. The van der Waals surface area contributed by atoms with E-state index in [1.165, 1.54) is 36.7 Å². The summed E-state index contributed by atoms with van der Waals surface area (Å²) < 4.78 is 34.3. The van der Waals surface area contributed by atoms with Gasteiger partial charge in [-0.3, -0.25) is 53.5 Å². The molecule has 2 aromatic carbocycles. The van der Waals surface area contributed by atoms with E-state index >= 15 is 0 Å². The maximum absolute atomic E-state index is 12.9. The van der Waals surface area contributed by atoms with Crippen LogP contribution in [0.15, 0.2) is 75.5 Å². The number of ketones is 2. The minimum absolute atomic E-state index is 0.0262. The van der Waals surface area contributed by atoms with Gasteiger partial charge >= 0.3 is 11.9 Å². The third-order valence-corrected chi connectivity index (χ3v) is 15.4. The number of rotatable bonds is 48. The fourth-order valence-corrected chi connectivity index (χ4v) is 9.64. The molecule has 33 heteroatoms. The van der Waals surface area contributed by atoms with Crippen molar-refractivity contribution >= 4 is 87.1 Å². The molecule has 100 heavy (non-hydrogen) atoms. The maximum Gasteiger partial charge on any atom is 0.326 e. The highest BCUT2D eigenvalue weighted by Crippen LogP contribution is 2.18. The zero-order valence-corrected chi connectivity index (χ0v) is 57.7. The van der Waals surface area contributed by atoms with Gasteiger partial charge in [-0.15, -0.1) is 0 Å². The first kappa shape index (κ1) is 79.6. The Bertz CT molecular complexity index is 3510. The number of hydrogen-bond donors (Lipinski definition) is 10. The van der Waals surface area contributed by atoms with Crippen molar-refractivity contribution in [3.8, 4) is 0 Å². The molecule has 12 N–H and O–H groups in total. The number of aromatic amines is 2. The lowest BCUT2D eigenvalue weighted by Gasteiger charge is -2.35. The number of ether oxygens (including phenoxy) is 6. The highest BCUT2D eigenvalue weighted by atomic mass is 16.5. The number of amides is 2. The molecule has 0 aliphatic heterocycles. The lowest BCUT2D eigenvalue weighted by Crippen LogP contribution is -2.45. The van der Waals surface area contributed by atoms with E-state index in [2.05, 4.69) is 112 Å². The number of aromatic nitrogens is 8. The van der Waals surface area contributed by atoms with E-state index in [0.29, 0.717) is 141 Å². The number of H-pyrrole nitrogens is 2. The van der Waals surface area contributed by atoms with Crippen molar-refractivity contribution in [3.05, 3.63) is 104 Å². The van der Waals surface area contributed by atoms with Crippen LogP contribution in [-0.2, 0) is 60.7 Å². The first-order chi connectivity index (χ1) is 47.8. The van der Waals surface area contributed by atoms with Crippen LogP contribution in [0.3, 0.4) is 0 Å². The Hall–Kier alpha value is -9.35. The highest BCUT2D eigenvalue weighted by Gasteiger charge is 2.25. The topological polar surface area (TPSA) is 460 Å². The van der Waals surface area contributed by atoms with E-state index in [1.807, 2.05) is 6.21 Å². The maximum atomic E-state index is 12.9. The zero-order chi connectivity index (χ0) is 72.5. The standard InChI is InChI=1S/C67H95N17O16/c1-66(2,3)83(25-29-97-33-37-99-35-31-95-27-7-9-50(85)19-21-52(62(91)92)77-58(87)44-11-15-46(16-12-44)71-39-48-41-73-56-54(75-48)60(89)81-64(68)79-56)24-23-70-43-84(67(4,5)6)26-30-98-34-38-100-36-32-96-28-8-10-51(86)20-22-53(63(93)94)78-59(88)45-13-17-47(18-14-45)72-40-49-42-74-57-55(76-49)61(90)82-65(69)80-57/h11-18,23,41-42,52-53,71-72H,7-10,19-22,24-40,43H2,1-6H3,(H,77,87)(H,78,88)(H,91,92)(H,93,94)(H3,68,73,79,81,89)(H3,69,74,80,82,90)/b70-23-/t52?,53-/m0/s1. The van der Waals surface area contributed by atoms with Gasteiger partial charge in [0.25, 0.3) is 22.9 Å². The van der Waals surface area contributed by atoms with Crippen molar-refractivity contribution in [2.24, 2.45) is 4.99 Å². The van der Waals surface area contributed by atoms with Gasteiger partial charge in [0.2, 0.25) is 11.9 Å². The lowest BCUT2D eigenvalue weighted by molar-refractivity contribution is -0.140. The number of carboxylic acid groups (broad SMARTS) is 2. The Kier molecular flexibility index (Phi) is 32.9. The molecule has 1 unspecified atom stereocenters. The number of carboxylic acids is 2. The quantitative estimate of drug-likeness (QED) is 0.0192. The number of benzene rings is 2. The summed E-state index contributed by atoms with van der Waals surface area (Å²) in [5.74, 6) is -4.11. The number of nitrogens with zero attached hydrogens (tertiary/aromatic N) is 9. The van der Waals surface area contributed by atoms with E-state index in [-0.39, 0.29) is 120 Å². The molecule has 2 amide bonds. The molecule has 0 aliphatic carbocycles. The van der Waals surface area contributed by atoms with Crippen molar-refractivity contribution in [1.29, 1.82) is 0 Å². The molecule has 0 spiro atoms. The number of aliphatic carboxylic acids is 2. The second-order valence-corrected chi connectivity index (χ2v) is 25.2. The molecule has 0 bridgehead atoms. The molecule has 4 aromatic heterocycles. The third-order valence-electron chi connectivity index (χ3n) is 15.4. The van der Waals surface area contributed by atoms with Crippen LogP contribution in [0.4, 0.5) is 23.3 Å².